The highest BCUT2D eigenvalue weighted by atomic mass is 16.5. The number of benzene rings is 2. The number of fused-ring (bicyclic) bond motifs is 1. The van der Waals surface area contributed by atoms with Crippen molar-refractivity contribution in [3.8, 4) is 18.1 Å². The highest BCUT2D eigenvalue weighted by Gasteiger charge is 2.20. The Kier molecular flexibility index (Phi) is 5.60. The second-order valence-electron chi connectivity index (χ2n) is 4.93. The van der Waals surface area contributed by atoms with E-state index in [1.165, 1.54) is 12.7 Å². The van der Waals surface area contributed by atoms with Gasteiger partial charge in [-0.05, 0) is 19.1 Å². The van der Waals surface area contributed by atoms with Crippen molar-refractivity contribution >= 4 is 12.0 Å². The number of rotatable bonds is 1. The molecule has 0 saturated carbocycles. The van der Waals surface area contributed by atoms with Crippen LogP contribution in [0.3, 0.4) is 0 Å². The number of carbonyl (C=O) groups is 1. The van der Waals surface area contributed by atoms with Gasteiger partial charge in [0, 0.05) is 5.56 Å². The quantitative estimate of drug-likeness (QED) is 0.592. The maximum Gasteiger partial charge on any atom is 0.341 e. The highest BCUT2D eigenvalue weighted by molar-refractivity contribution is 5.94. The molecule has 3 heteroatoms. The monoisotopic (exact) mass is 306 g/mol. The molecular weight excluding hydrogens is 288 g/mol. The van der Waals surface area contributed by atoms with Crippen molar-refractivity contribution in [2.75, 3.05) is 7.11 Å². The lowest BCUT2D eigenvalue weighted by Gasteiger charge is -2.19. The summed E-state index contributed by atoms with van der Waals surface area (Å²) in [5.74, 6) is 2.53. The number of aryl methyl sites for hydroxylation is 1. The number of esters is 1. The predicted molar refractivity (Wildman–Crippen MR) is 91.2 cm³/mol. The van der Waals surface area contributed by atoms with Crippen LogP contribution >= 0.6 is 0 Å². The molecule has 1 unspecified atom stereocenters. The molecule has 1 aliphatic heterocycles. The fourth-order valence-electron chi connectivity index (χ4n) is 2.07. The van der Waals surface area contributed by atoms with Crippen LogP contribution in [0.25, 0.3) is 6.08 Å². The van der Waals surface area contributed by atoms with Crippen LogP contribution in [0.5, 0.6) is 5.75 Å². The van der Waals surface area contributed by atoms with E-state index in [9.17, 15) is 4.79 Å². The molecule has 3 rings (SSSR count). The van der Waals surface area contributed by atoms with Gasteiger partial charge in [-0.1, -0.05) is 60.0 Å². The summed E-state index contributed by atoms with van der Waals surface area (Å²) in [6.45, 7) is 2.08. The van der Waals surface area contributed by atoms with Crippen LogP contribution in [0.15, 0.2) is 54.6 Å². The number of methoxy groups -OCH3 is 1. The van der Waals surface area contributed by atoms with E-state index in [4.69, 9.17) is 11.2 Å². The van der Waals surface area contributed by atoms with Gasteiger partial charge in [0.25, 0.3) is 0 Å². The molecule has 1 aliphatic rings. The Labute approximate surface area is 136 Å². The number of hydrogen-bond acceptors (Lipinski definition) is 3. The third-order valence-corrected chi connectivity index (χ3v) is 3.25. The molecule has 116 valence electrons. The Morgan fingerprint density at radius 1 is 1.17 bits per heavy atom. The first-order valence-electron chi connectivity index (χ1n) is 7.19. The van der Waals surface area contributed by atoms with E-state index in [1.54, 1.807) is 18.2 Å². The van der Waals surface area contributed by atoms with Crippen LogP contribution in [-0.4, -0.2) is 19.2 Å². The molecule has 0 N–H and O–H groups in total. The minimum absolute atomic E-state index is 0.393. The van der Waals surface area contributed by atoms with Gasteiger partial charge < -0.3 is 9.47 Å². The zero-order valence-corrected chi connectivity index (χ0v) is 13.2. The lowest BCUT2D eigenvalue weighted by Crippen LogP contribution is -2.17. The molecule has 1 heterocycles. The number of hydrogen-bond donors (Lipinski definition) is 0. The molecule has 0 aliphatic carbocycles. The van der Waals surface area contributed by atoms with Gasteiger partial charge in [0.05, 0.1) is 7.11 Å². The van der Waals surface area contributed by atoms with Crippen LogP contribution < -0.4 is 4.74 Å². The summed E-state index contributed by atoms with van der Waals surface area (Å²) >= 11 is 0. The van der Waals surface area contributed by atoms with Crippen molar-refractivity contribution in [1.29, 1.82) is 0 Å². The van der Waals surface area contributed by atoms with E-state index in [2.05, 4.69) is 29.7 Å². The second-order valence-corrected chi connectivity index (χ2v) is 4.93. The Hall–Kier alpha value is -2.99. The lowest BCUT2D eigenvalue weighted by molar-refractivity contribution is 0.0595. The van der Waals surface area contributed by atoms with Crippen molar-refractivity contribution in [1.82, 2.24) is 0 Å². The molecule has 0 amide bonds. The molecular formula is C20H18O3. The molecule has 23 heavy (non-hydrogen) atoms. The van der Waals surface area contributed by atoms with Crippen molar-refractivity contribution in [2.24, 2.45) is 0 Å². The topological polar surface area (TPSA) is 35.5 Å². The summed E-state index contributed by atoms with van der Waals surface area (Å²) in [7, 11) is 1.33. The molecule has 0 aromatic heterocycles. The largest absolute Gasteiger partial charge is 0.472 e. The molecule has 2 aromatic rings. The first kappa shape index (κ1) is 16.4. The molecule has 0 spiro atoms. The SMILES string of the molecule is C#CC1C=Cc2cccc(C(=O)OC)c2O1.Cc1ccccc1. The lowest BCUT2D eigenvalue weighted by atomic mass is 10.1. The first-order chi connectivity index (χ1) is 11.2. The molecule has 0 fully saturated rings. The molecule has 0 radical (unpaired) electrons. The molecule has 2 aromatic carbocycles. The molecule has 0 saturated heterocycles. The van der Waals surface area contributed by atoms with E-state index < -0.39 is 12.1 Å². The van der Waals surface area contributed by atoms with Gasteiger partial charge in [-0.15, -0.1) is 6.42 Å². The minimum atomic E-state index is -0.432. The summed E-state index contributed by atoms with van der Waals surface area (Å²) in [6.07, 6.45) is 8.45. The molecule has 3 nitrogen and oxygen atoms in total. The fraction of sp³-hybridized carbons (Fsp3) is 0.150. The van der Waals surface area contributed by atoms with E-state index in [1.807, 2.05) is 30.3 Å². The van der Waals surface area contributed by atoms with Gasteiger partial charge in [0.1, 0.15) is 11.3 Å². The Balaban J connectivity index is 0.000000229. The average molecular weight is 306 g/mol. The third-order valence-electron chi connectivity index (χ3n) is 3.25. The molecule has 1 atom stereocenters. The Morgan fingerprint density at radius 3 is 2.48 bits per heavy atom. The fourth-order valence-corrected chi connectivity index (χ4v) is 2.07. The second kappa shape index (κ2) is 7.86. The van der Waals surface area contributed by atoms with Gasteiger partial charge in [-0.2, -0.15) is 0 Å². The van der Waals surface area contributed by atoms with Crippen LogP contribution in [0.2, 0.25) is 0 Å². The van der Waals surface area contributed by atoms with Crippen molar-refractivity contribution < 1.29 is 14.3 Å². The number of para-hydroxylation sites is 1. The van der Waals surface area contributed by atoms with Crippen LogP contribution in [0.1, 0.15) is 21.5 Å². The highest BCUT2D eigenvalue weighted by Crippen LogP contribution is 2.30. The number of carbonyl (C=O) groups excluding carboxylic acids is 1. The van der Waals surface area contributed by atoms with Crippen LogP contribution in [0.4, 0.5) is 0 Å². The average Bonchev–Trinajstić information content (AvgIpc) is 2.61. The smallest absolute Gasteiger partial charge is 0.341 e. The Morgan fingerprint density at radius 2 is 1.91 bits per heavy atom. The van der Waals surface area contributed by atoms with Crippen LogP contribution in [0, 0.1) is 19.3 Å². The summed E-state index contributed by atoms with van der Waals surface area (Å²) in [5.41, 5.74) is 2.54. The summed E-state index contributed by atoms with van der Waals surface area (Å²) < 4.78 is 10.2. The van der Waals surface area contributed by atoms with E-state index in [0.717, 1.165) is 5.56 Å². The zero-order valence-electron chi connectivity index (χ0n) is 13.2. The molecule has 0 bridgehead atoms. The summed E-state index contributed by atoms with van der Waals surface area (Å²) in [4.78, 5) is 11.5. The maximum atomic E-state index is 11.5. The normalized spacial score (nSPS) is 14.4. The number of ether oxygens (including phenoxy) is 2. The van der Waals surface area contributed by atoms with E-state index >= 15 is 0 Å². The predicted octanol–water partition coefficient (Wildman–Crippen LogP) is 3.88. The van der Waals surface area contributed by atoms with Crippen molar-refractivity contribution in [3.63, 3.8) is 0 Å². The zero-order chi connectivity index (χ0) is 16.7. The number of terminal acetylenes is 1. The maximum absolute atomic E-state index is 11.5. The van der Waals surface area contributed by atoms with Gasteiger partial charge in [-0.3, -0.25) is 0 Å². The van der Waals surface area contributed by atoms with E-state index in [-0.39, 0.29) is 0 Å². The first-order valence-corrected chi connectivity index (χ1v) is 7.19. The van der Waals surface area contributed by atoms with Crippen LogP contribution in [-0.2, 0) is 4.74 Å². The summed E-state index contributed by atoms with van der Waals surface area (Å²) in [5, 5.41) is 0. The van der Waals surface area contributed by atoms with Gasteiger partial charge in [0.15, 0.2) is 6.10 Å². The van der Waals surface area contributed by atoms with Crippen molar-refractivity contribution in [3.05, 3.63) is 71.3 Å². The standard InChI is InChI=1S/C13H10O3.C7H8/c1-3-10-8-7-9-5-4-6-11(12(9)16-10)13(14)15-2;1-7-5-3-2-4-6-7/h1,4-8,10H,2H3;2-6H,1H3. The van der Waals surface area contributed by atoms with Gasteiger partial charge in [-0.25, -0.2) is 4.79 Å². The van der Waals surface area contributed by atoms with E-state index in [0.29, 0.717) is 11.3 Å². The van der Waals surface area contributed by atoms with Crippen molar-refractivity contribution in [2.45, 2.75) is 13.0 Å². The Bertz CT molecular complexity index is 739. The van der Waals surface area contributed by atoms with Gasteiger partial charge >= 0.3 is 5.97 Å². The minimum Gasteiger partial charge on any atom is -0.472 e. The summed E-state index contributed by atoms with van der Waals surface area (Å²) in [6, 6.07) is 15.5. The van der Waals surface area contributed by atoms with Gasteiger partial charge in [0.2, 0.25) is 0 Å². The third kappa shape index (κ3) is 4.24.